The zero-order valence-corrected chi connectivity index (χ0v) is 7.52. The quantitative estimate of drug-likeness (QED) is 0.760. The number of allylic oxidation sites excluding steroid dienone is 1. The van der Waals surface area contributed by atoms with Crippen molar-refractivity contribution in [2.45, 2.75) is 13.1 Å². The van der Waals surface area contributed by atoms with Gasteiger partial charge in [0.25, 0.3) is 0 Å². The standard InChI is InChI=1S/C9H9F3N2/c1-5-3-4-7(14-8(5)13)6(2)9(10,11)12/h3-4H,2H2,1H3,(H2,13,14). The summed E-state index contributed by atoms with van der Waals surface area (Å²) in [6.45, 7) is 4.59. The average Bonchev–Trinajstić information content (AvgIpc) is 2.07. The molecule has 0 radical (unpaired) electrons. The molecule has 5 heteroatoms. The smallest absolute Gasteiger partial charge is 0.383 e. The minimum atomic E-state index is -4.46. The summed E-state index contributed by atoms with van der Waals surface area (Å²) in [6.07, 6.45) is -4.46. The van der Waals surface area contributed by atoms with E-state index in [1.165, 1.54) is 12.1 Å². The molecule has 0 spiro atoms. The highest BCUT2D eigenvalue weighted by Crippen LogP contribution is 2.31. The predicted octanol–water partition coefficient (Wildman–Crippen LogP) is 2.55. The molecule has 0 aromatic carbocycles. The highest BCUT2D eigenvalue weighted by atomic mass is 19.4. The Hall–Kier alpha value is -1.52. The molecule has 2 N–H and O–H groups in total. The van der Waals surface area contributed by atoms with E-state index >= 15 is 0 Å². The molecule has 0 bridgehead atoms. The second-order valence-electron chi connectivity index (χ2n) is 2.87. The number of aromatic nitrogens is 1. The SMILES string of the molecule is C=C(c1ccc(C)c(N)n1)C(F)(F)F. The van der Waals surface area contributed by atoms with Crippen LogP contribution in [0.2, 0.25) is 0 Å². The fraction of sp³-hybridized carbons (Fsp3) is 0.222. The summed E-state index contributed by atoms with van der Waals surface area (Å²) in [5.74, 6) is 0.0906. The Morgan fingerprint density at radius 2 is 2.00 bits per heavy atom. The van der Waals surface area contributed by atoms with Crippen molar-refractivity contribution < 1.29 is 13.2 Å². The third-order valence-electron chi connectivity index (χ3n) is 1.79. The normalized spacial score (nSPS) is 11.4. The lowest BCUT2D eigenvalue weighted by Crippen LogP contribution is -2.11. The van der Waals surface area contributed by atoms with E-state index in [4.69, 9.17) is 5.73 Å². The Morgan fingerprint density at radius 1 is 1.43 bits per heavy atom. The maximum absolute atomic E-state index is 12.2. The van der Waals surface area contributed by atoms with Gasteiger partial charge in [-0.25, -0.2) is 4.98 Å². The number of rotatable bonds is 1. The van der Waals surface area contributed by atoms with Gasteiger partial charge in [0, 0.05) is 0 Å². The number of nitrogen functional groups attached to an aromatic ring is 1. The van der Waals surface area contributed by atoms with E-state index in [2.05, 4.69) is 11.6 Å². The van der Waals surface area contributed by atoms with Crippen LogP contribution >= 0.6 is 0 Å². The van der Waals surface area contributed by atoms with Crippen molar-refractivity contribution in [2.24, 2.45) is 0 Å². The number of nitrogens with zero attached hydrogens (tertiary/aromatic N) is 1. The second-order valence-corrected chi connectivity index (χ2v) is 2.87. The summed E-state index contributed by atoms with van der Waals surface area (Å²) in [6, 6.07) is 2.73. The zero-order chi connectivity index (χ0) is 10.9. The van der Waals surface area contributed by atoms with Gasteiger partial charge in [-0.1, -0.05) is 12.6 Å². The highest BCUT2D eigenvalue weighted by molar-refractivity contribution is 5.66. The third-order valence-corrected chi connectivity index (χ3v) is 1.79. The maximum Gasteiger partial charge on any atom is 0.417 e. The van der Waals surface area contributed by atoms with E-state index in [1.807, 2.05) is 0 Å². The first-order valence-corrected chi connectivity index (χ1v) is 3.82. The van der Waals surface area contributed by atoms with E-state index in [-0.39, 0.29) is 11.5 Å². The molecule has 0 saturated heterocycles. The minimum absolute atomic E-state index is 0.0906. The summed E-state index contributed by atoms with van der Waals surface area (Å²) in [7, 11) is 0. The molecule has 0 atom stereocenters. The van der Waals surface area contributed by atoms with E-state index in [0.29, 0.717) is 5.56 Å². The molecule has 1 aromatic rings. The summed E-state index contributed by atoms with van der Waals surface area (Å²) in [4.78, 5) is 3.60. The van der Waals surface area contributed by atoms with Crippen LogP contribution in [0, 0.1) is 6.92 Å². The van der Waals surface area contributed by atoms with Gasteiger partial charge >= 0.3 is 6.18 Å². The largest absolute Gasteiger partial charge is 0.417 e. The number of anilines is 1. The molecular weight excluding hydrogens is 193 g/mol. The van der Waals surface area contributed by atoms with E-state index in [1.54, 1.807) is 6.92 Å². The van der Waals surface area contributed by atoms with Crippen LogP contribution in [0.5, 0.6) is 0 Å². The zero-order valence-electron chi connectivity index (χ0n) is 7.52. The summed E-state index contributed by atoms with van der Waals surface area (Å²) < 4.78 is 36.6. The van der Waals surface area contributed by atoms with Gasteiger partial charge in [-0.2, -0.15) is 13.2 Å². The van der Waals surface area contributed by atoms with Crippen LogP contribution in [0.15, 0.2) is 18.7 Å². The van der Waals surface area contributed by atoms with Gasteiger partial charge in [0.05, 0.1) is 11.3 Å². The van der Waals surface area contributed by atoms with E-state index < -0.39 is 11.7 Å². The predicted molar refractivity (Wildman–Crippen MR) is 48.5 cm³/mol. The number of pyridine rings is 1. The molecule has 0 saturated carbocycles. The molecule has 1 aromatic heterocycles. The Bertz CT molecular complexity index is 369. The van der Waals surface area contributed by atoms with Crippen molar-refractivity contribution in [3.8, 4) is 0 Å². The number of aryl methyl sites for hydroxylation is 1. The topological polar surface area (TPSA) is 38.9 Å². The molecule has 1 rings (SSSR count). The van der Waals surface area contributed by atoms with Gasteiger partial charge in [-0.15, -0.1) is 0 Å². The van der Waals surface area contributed by atoms with Crippen LogP contribution in [-0.2, 0) is 0 Å². The van der Waals surface area contributed by atoms with Crippen molar-refractivity contribution in [1.29, 1.82) is 0 Å². The molecule has 0 fully saturated rings. The maximum atomic E-state index is 12.2. The first-order chi connectivity index (χ1) is 6.32. The monoisotopic (exact) mass is 202 g/mol. The van der Waals surface area contributed by atoms with Crippen molar-refractivity contribution in [3.63, 3.8) is 0 Å². The van der Waals surface area contributed by atoms with Crippen LogP contribution in [0.25, 0.3) is 5.57 Å². The van der Waals surface area contributed by atoms with Crippen LogP contribution in [0.3, 0.4) is 0 Å². The Balaban J connectivity index is 3.10. The molecule has 0 aliphatic rings. The van der Waals surface area contributed by atoms with E-state index in [0.717, 1.165) is 0 Å². The molecule has 0 amide bonds. The summed E-state index contributed by atoms with van der Waals surface area (Å²) in [5.41, 5.74) is 4.81. The number of hydrogen-bond acceptors (Lipinski definition) is 2. The first-order valence-electron chi connectivity index (χ1n) is 3.82. The third kappa shape index (κ3) is 2.04. The number of hydrogen-bond donors (Lipinski definition) is 1. The molecule has 1 heterocycles. The van der Waals surface area contributed by atoms with Gasteiger partial charge < -0.3 is 5.73 Å². The number of halogens is 3. The van der Waals surface area contributed by atoms with E-state index in [9.17, 15) is 13.2 Å². The van der Waals surface area contributed by atoms with Gasteiger partial charge in [-0.05, 0) is 18.6 Å². The summed E-state index contributed by atoms with van der Waals surface area (Å²) in [5, 5.41) is 0. The molecule has 2 nitrogen and oxygen atoms in total. The fourth-order valence-electron chi connectivity index (χ4n) is 0.858. The average molecular weight is 202 g/mol. The van der Waals surface area contributed by atoms with Gasteiger partial charge in [-0.3, -0.25) is 0 Å². The highest BCUT2D eigenvalue weighted by Gasteiger charge is 2.33. The molecule has 0 unspecified atom stereocenters. The number of nitrogens with two attached hydrogens (primary N) is 1. The lowest BCUT2D eigenvalue weighted by molar-refractivity contribution is -0.0688. The molecule has 0 aliphatic heterocycles. The van der Waals surface area contributed by atoms with Gasteiger partial charge in [0.2, 0.25) is 0 Å². The molecule has 14 heavy (non-hydrogen) atoms. The van der Waals surface area contributed by atoms with Crippen LogP contribution < -0.4 is 5.73 Å². The van der Waals surface area contributed by atoms with Crippen molar-refractivity contribution in [1.82, 2.24) is 4.98 Å². The van der Waals surface area contributed by atoms with Crippen molar-refractivity contribution in [3.05, 3.63) is 30.0 Å². The second kappa shape index (κ2) is 3.32. The lowest BCUT2D eigenvalue weighted by atomic mass is 10.1. The first kappa shape index (κ1) is 10.6. The fourth-order valence-corrected chi connectivity index (χ4v) is 0.858. The molecular formula is C9H9F3N2. The van der Waals surface area contributed by atoms with Gasteiger partial charge in [0.1, 0.15) is 5.82 Å². The lowest BCUT2D eigenvalue weighted by Gasteiger charge is -2.10. The molecule has 76 valence electrons. The van der Waals surface area contributed by atoms with Crippen molar-refractivity contribution >= 4 is 11.4 Å². The van der Waals surface area contributed by atoms with Crippen LogP contribution in [-0.4, -0.2) is 11.2 Å². The van der Waals surface area contributed by atoms with Crippen LogP contribution in [0.1, 0.15) is 11.3 Å². The Labute approximate surface area is 79.3 Å². The number of alkyl halides is 3. The van der Waals surface area contributed by atoms with Crippen LogP contribution in [0.4, 0.5) is 19.0 Å². The minimum Gasteiger partial charge on any atom is -0.383 e. The van der Waals surface area contributed by atoms with Gasteiger partial charge in [0.15, 0.2) is 0 Å². The summed E-state index contributed by atoms with van der Waals surface area (Å²) >= 11 is 0. The Kier molecular flexibility index (Phi) is 2.51. The van der Waals surface area contributed by atoms with Crippen molar-refractivity contribution in [2.75, 3.05) is 5.73 Å². The molecule has 0 aliphatic carbocycles. The Morgan fingerprint density at radius 3 is 2.43 bits per heavy atom.